The zero-order valence-corrected chi connectivity index (χ0v) is 13.4. The fraction of sp³-hybridized carbons (Fsp3) is 0.533. The molecule has 1 aromatic rings. The van der Waals surface area contributed by atoms with Crippen LogP contribution in [-0.4, -0.2) is 43.2 Å². The third-order valence-electron chi connectivity index (χ3n) is 3.22. The standard InChI is InChI=1S/C15H25N3OS/c1-4-9-18(5-2)10-8-17-14-11-12(19-3)6-7-13(14)15(16)20/h6-7,11,17H,4-5,8-10H2,1-3H3,(H2,16,20). The van der Waals surface area contributed by atoms with Crippen molar-refractivity contribution in [3.05, 3.63) is 23.8 Å². The number of nitrogens with two attached hydrogens (primary N) is 1. The van der Waals surface area contributed by atoms with Crippen LogP contribution in [0, 0.1) is 0 Å². The second-order valence-corrected chi connectivity index (χ2v) is 5.08. The van der Waals surface area contributed by atoms with Crippen LogP contribution in [0.25, 0.3) is 0 Å². The van der Waals surface area contributed by atoms with Crippen molar-refractivity contribution in [2.24, 2.45) is 5.73 Å². The van der Waals surface area contributed by atoms with Gasteiger partial charge < -0.3 is 20.7 Å². The Morgan fingerprint density at radius 1 is 1.35 bits per heavy atom. The topological polar surface area (TPSA) is 50.5 Å². The summed E-state index contributed by atoms with van der Waals surface area (Å²) in [6.45, 7) is 8.42. The Bertz CT molecular complexity index is 437. The summed E-state index contributed by atoms with van der Waals surface area (Å²) in [4.78, 5) is 2.81. The van der Waals surface area contributed by atoms with Crippen LogP contribution in [0.4, 0.5) is 5.69 Å². The molecule has 0 amide bonds. The second-order valence-electron chi connectivity index (χ2n) is 4.64. The van der Waals surface area contributed by atoms with Gasteiger partial charge in [0, 0.05) is 30.4 Å². The lowest BCUT2D eigenvalue weighted by molar-refractivity contribution is 0.300. The molecule has 0 saturated heterocycles. The van der Waals surface area contributed by atoms with Gasteiger partial charge in [0.25, 0.3) is 0 Å². The summed E-state index contributed by atoms with van der Waals surface area (Å²) in [5.74, 6) is 0.799. The fourth-order valence-electron chi connectivity index (χ4n) is 2.10. The number of hydrogen-bond acceptors (Lipinski definition) is 4. The number of thiocarbonyl (C=S) groups is 1. The smallest absolute Gasteiger partial charge is 0.120 e. The van der Waals surface area contributed by atoms with E-state index in [0.29, 0.717) is 4.99 Å². The van der Waals surface area contributed by atoms with Gasteiger partial charge in [-0.3, -0.25) is 0 Å². The van der Waals surface area contributed by atoms with Gasteiger partial charge >= 0.3 is 0 Å². The van der Waals surface area contributed by atoms with Crippen molar-refractivity contribution in [2.75, 3.05) is 38.6 Å². The molecule has 112 valence electrons. The third kappa shape index (κ3) is 4.98. The minimum Gasteiger partial charge on any atom is -0.497 e. The minimum atomic E-state index is 0.399. The van der Waals surface area contributed by atoms with E-state index in [9.17, 15) is 0 Å². The normalized spacial score (nSPS) is 10.6. The molecule has 0 aliphatic rings. The molecule has 0 radical (unpaired) electrons. The molecule has 20 heavy (non-hydrogen) atoms. The summed E-state index contributed by atoms with van der Waals surface area (Å²) in [5.41, 5.74) is 7.55. The van der Waals surface area contributed by atoms with Crippen LogP contribution in [0.3, 0.4) is 0 Å². The molecule has 0 heterocycles. The number of rotatable bonds is 9. The first-order chi connectivity index (χ1) is 9.62. The van der Waals surface area contributed by atoms with E-state index in [4.69, 9.17) is 22.7 Å². The van der Waals surface area contributed by atoms with Gasteiger partial charge in [0.15, 0.2) is 0 Å². The highest BCUT2D eigenvalue weighted by Gasteiger charge is 2.07. The molecule has 0 atom stereocenters. The first-order valence-corrected chi connectivity index (χ1v) is 7.47. The highest BCUT2D eigenvalue weighted by molar-refractivity contribution is 7.80. The number of likely N-dealkylation sites (N-methyl/N-ethyl adjacent to an activating group) is 1. The molecule has 1 aromatic carbocycles. The van der Waals surface area contributed by atoms with Gasteiger partial charge in [-0.25, -0.2) is 0 Å². The summed E-state index contributed by atoms with van der Waals surface area (Å²) >= 11 is 5.08. The molecular formula is C15H25N3OS. The predicted octanol–water partition coefficient (Wildman–Crippen LogP) is 2.47. The Morgan fingerprint density at radius 3 is 2.65 bits per heavy atom. The summed E-state index contributed by atoms with van der Waals surface area (Å²) in [7, 11) is 1.65. The van der Waals surface area contributed by atoms with Crippen LogP contribution in [0.1, 0.15) is 25.8 Å². The number of methoxy groups -OCH3 is 1. The highest BCUT2D eigenvalue weighted by atomic mass is 32.1. The lowest BCUT2D eigenvalue weighted by Crippen LogP contribution is -2.30. The monoisotopic (exact) mass is 295 g/mol. The van der Waals surface area contributed by atoms with Crippen LogP contribution in [0.15, 0.2) is 18.2 Å². The third-order valence-corrected chi connectivity index (χ3v) is 3.44. The molecule has 0 aliphatic heterocycles. The van der Waals surface area contributed by atoms with Crippen LogP contribution in [0.5, 0.6) is 5.75 Å². The van der Waals surface area contributed by atoms with Crippen molar-refractivity contribution in [2.45, 2.75) is 20.3 Å². The Hall–Kier alpha value is -1.33. The molecule has 0 aliphatic carbocycles. The number of benzene rings is 1. The number of anilines is 1. The van der Waals surface area contributed by atoms with Crippen LogP contribution in [0.2, 0.25) is 0 Å². The van der Waals surface area contributed by atoms with Gasteiger partial charge in [-0.2, -0.15) is 0 Å². The van der Waals surface area contributed by atoms with Gasteiger partial charge in [0.1, 0.15) is 10.7 Å². The number of ether oxygens (including phenoxy) is 1. The highest BCUT2D eigenvalue weighted by Crippen LogP contribution is 2.22. The Morgan fingerprint density at radius 2 is 2.10 bits per heavy atom. The van der Waals surface area contributed by atoms with Gasteiger partial charge in [-0.1, -0.05) is 26.1 Å². The maximum Gasteiger partial charge on any atom is 0.120 e. The van der Waals surface area contributed by atoms with Gasteiger partial charge in [-0.05, 0) is 31.6 Å². The average Bonchev–Trinajstić information content (AvgIpc) is 2.45. The van der Waals surface area contributed by atoms with E-state index in [1.54, 1.807) is 7.11 Å². The molecule has 4 nitrogen and oxygen atoms in total. The van der Waals surface area contributed by atoms with Crippen molar-refractivity contribution in [1.82, 2.24) is 4.90 Å². The van der Waals surface area contributed by atoms with Crippen molar-refractivity contribution < 1.29 is 4.74 Å². The molecule has 0 saturated carbocycles. The number of nitrogens with zero attached hydrogens (tertiary/aromatic N) is 1. The van der Waals surface area contributed by atoms with E-state index in [0.717, 1.165) is 43.2 Å². The summed E-state index contributed by atoms with van der Waals surface area (Å²) in [6.07, 6.45) is 1.17. The van der Waals surface area contributed by atoms with Crippen LogP contribution < -0.4 is 15.8 Å². The minimum absolute atomic E-state index is 0.399. The van der Waals surface area contributed by atoms with Gasteiger partial charge in [0.2, 0.25) is 0 Å². The number of hydrogen-bond donors (Lipinski definition) is 2. The van der Waals surface area contributed by atoms with Crippen LogP contribution >= 0.6 is 12.2 Å². The van der Waals surface area contributed by atoms with E-state index in [2.05, 4.69) is 24.1 Å². The molecular weight excluding hydrogens is 270 g/mol. The van der Waals surface area contributed by atoms with Gasteiger partial charge in [-0.15, -0.1) is 0 Å². The lowest BCUT2D eigenvalue weighted by atomic mass is 10.1. The van der Waals surface area contributed by atoms with E-state index < -0.39 is 0 Å². The summed E-state index contributed by atoms with van der Waals surface area (Å²) < 4.78 is 5.24. The van der Waals surface area contributed by atoms with Crippen molar-refractivity contribution in [1.29, 1.82) is 0 Å². The van der Waals surface area contributed by atoms with E-state index in [1.807, 2.05) is 18.2 Å². The fourth-order valence-corrected chi connectivity index (χ4v) is 2.28. The molecule has 1 rings (SSSR count). The maximum atomic E-state index is 5.75. The van der Waals surface area contributed by atoms with Crippen LogP contribution in [-0.2, 0) is 0 Å². The average molecular weight is 295 g/mol. The van der Waals surface area contributed by atoms with Gasteiger partial charge in [0.05, 0.1) is 7.11 Å². The van der Waals surface area contributed by atoms with Crippen molar-refractivity contribution in [3.8, 4) is 5.75 Å². The van der Waals surface area contributed by atoms with E-state index >= 15 is 0 Å². The molecule has 0 fully saturated rings. The van der Waals surface area contributed by atoms with Crippen molar-refractivity contribution >= 4 is 22.9 Å². The Balaban J connectivity index is 2.67. The first-order valence-electron chi connectivity index (χ1n) is 7.06. The zero-order valence-electron chi connectivity index (χ0n) is 12.6. The molecule has 0 unspecified atom stereocenters. The molecule has 0 spiro atoms. The molecule has 5 heteroatoms. The molecule has 3 N–H and O–H groups in total. The quantitative estimate of drug-likeness (QED) is 0.686. The van der Waals surface area contributed by atoms with Crippen molar-refractivity contribution in [3.63, 3.8) is 0 Å². The van der Waals surface area contributed by atoms with E-state index in [1.165, 1.54) is 6.42 Å². The maximum absolute atomic E-state index is 5.75. The zero-order chi connectivity index (χ0) is 15.0. The van der Waals surface area contributed by atoms with E-state index in [-0.39, 0.29) is 0 Å². The molecule has 0 aromatic heterocycles. The number of nitrogens with one attached hydrogen (secondary N) is 1. The molecule has 0 bridgehead atoms. The lowest BCUT2D eigenvalue weighted by Gasteiger charge is -2.20. The summed E-state index contributed by atoms with van der Waals surface area (Å²) in [6, 6.07) is 5.70. The Kier molecular flexibility index (Phi) is 7.33. The second kappa shape index (κ2) is 8.76. The SMILES string of the molecule is CCCN(CC)CCNc1cc(OC)ccc1C(N)=S. The largest absolute Gasteiger partial charge is 0.497 e. The first kappa shape index (κ1) is 16.7. The Labute approximate surface area is 127 Å². The summed E-state index contributed by atoms with van der Waals surface area (Å²) in [5, 5.41) is 3.40. The predicted molar refractivity (Wildman–Crippen MR) is 89.8 cm³/mol.